The Hall–Kier alpha value is -1.02. The monoisotopic (exact) mass is 354 g/mol. The van der Waals surface area contributed by atoms with Crippen molar-refractivity contribution in [2.24, 2.45) is 52.3 Å². The van der Waals surface area contributed by atoms with E-state index >= 15 is 0 Å². The minimum atomic E-state index is -0.167. The van der Waals surface area contributed by atoms with Crippen LogP contribution in [0.15, 0.2) is 0 Å². The molecule has 2 nitrogen and oxygen atoms in total. The first-order chi connectivity index (χ1) is 12.3. The van der Waals surface area contributed by atoms with Gasteiger partial charge < -0.3 is 0 Å². The van der Waals surface area contributed by atoms with E-state index in [4.69, 9.17) is 0 Å². The van der Waals surface area contributed by atoms with Crippen molar-refractivity contribution in [1.82, 2.24) is 0 Å². The highest BCUT2D eigenvalue weighted by Gasteiger charge is 2.57. The summed E-state index contributed by atoms with van der Waals surface area (Å²) in [4.78, 5) is 0. The van der Waals surface area contributed by atoms with Gasteiger partial charge in [-0.25, -0.2) is 0 Å². The maximum atomic E-state index is 9.98. The van der Waals surface area contributed by atoms with Crippen molar-refractivity contribution < 1.29 is 0 Å². The molecule has 0 bridgehead atoms. The van der Waals surface area contributed by atoms with Crippen molar-refractivity contribution in [3.8, 4) is 12.1 Å². The number of fused-ring (bicyclic) bond motifs is 3. The molecule has 26 heavy (non-hydrogen) atoms. The van der Waals surface area contributed by atoms with E-state index in [0.29, 0.717) is 29.6 Å². The van der Waals surface area contributed by atoms with Gasteiger partial charge in [0.1, 0.15) is 0 Å². The second kappa shape index (κ2) is 7.19. The Morgan fingerprint density at radius 1 is 1.04 bits per heavy atom. The normalized spacial score (nSPS) is 49.2. The first-order valence-electron chi connectivity index (χ1n) is 11.1. The molecule has 3 fully saturated rings. The maximum absolute atomic E-state index is 9.98. The summed E-state index contributed by atoms with van der Waals surface area (Å²) in [5, 5.41) is 19.9. The van der Waals surface area contributed by atoms with Crippen LogP contribution in [0, 0.1) is 74.9 Å². The van der Waals surface area contributed by atoms with Gasteiger partial charge >= 0.3 is 0 Å². The van der Waals surface area contributed by atoms with Crippen LogP contribution in [-0.2, 0) is 0 Å². The summed E-state index contributed by atoms with van der Waals surface area (Å²) in [6, 6.07) is 5.46. The first kappa shape index (κ1) is 19.7. The summed E-state index contributed by atoms with van der Waals surface area (Å²) in [7, 11) is 0. The van der Waals surface area contributed by atoms with Crippen LogP contribution < -0.4 is 0 Å². The van der Waals surface area contributed by atoms with E-state index in [0.717, 1.165) is 24.7 Å². The minimum absolute atomic E-state index is 0.117. The molecule has 0 radical (unpaired) electrons. The number of hydrogen-bond acceptors (Lipinski definition) is 2. The Balaban J connectivity index is 1.96. The van der Waals surface area contributed by atoms with Crippen molar-refractivity contribution in [3.05, 3.63) is 0 Å². The lowest BCUT2D eigenvalue weighted by molar-refractivity contribution is -0.102. The van der Waals surface area contributed by atoms with E-state index in [2.05, 4.69) is 46.8 Å². The SMILES string of the molecule is CC[C@@H](C)CC1C[C@@](C)(C#N)[C@@H](C)[C@H]2CC[C@H]3[C@@H](CCC[C@]3(C)C#N)[C@H]12. The van der Waals surface area contributed by atoms with Crippen LogP contribution in [0.3, 0.4) is 0 Å². The molecule has 3 aliphatic rings. The van der Waals surface area contributed by atoms with Crippen LogP contribution in [0.2, 0.25) is 0 Å². The van der Waals surface area contributed by atoms with Gasteiger partial charge in [-0.2, -0.15) is 10.5 Å². The number of hydrogen-bond donors (Lipinski definition) is 0. The zero-order valence-corrected chi connectivity index (χ0v) is 17.6. The molecule has 0 aromatic carbocycles. The van der Waals surface area contributed by atoms with Crippen molar-refractivity contribution in [1.29, 1.82) is 10.5 Å². The van der Waals surface area contributed by atoms with E-state index in [-0.39, 0.29) is 10.8 Å². The van der Waals surface area contributed by atoms with Gasteiger partial charge in [0.25, 0.3) is 0 Å². The molecule has 3 saturated carbocycles. The van der Waals surface area contributed by atoms with Gasteiger partial charge in [-0.1, -0.05) is 33.6 Å². The predicted molar refractivity (Wildman–Crippen MR) is 106 cm³/mol. The molecule has 0 N–H and O–H groups in total. The zero-order chi connectivity index (χ0) is 19.1. The third-order valence-electron chi connectivity index (χ3n) is 9.16. The van der Waals surface area contributed by atoms with E-state index in [9.17, 15) is 10.5 Å². The molecule has 0 amide bonds. The van der Waals surface area contributed by atoms with Crippen molar-refractivity contribution >= 4 is 0 Å². The van der Waals surface area contributed by atoms with Gasteiger partial charge in [-0.15, -0.1) is 0 Å². The summed E-state index contributed by atoms with van der Waals surface area (Å²) in [6.45, 7) is 11.5. The Kier molecular flexibility index (Phi) is 5.45. The molecule has 0 aliphatic heterocycles. The van der Waals surface area contributed by atoms with E-state index < -0.39 is 0 Å². The van der Waals surface area contributed by atoms with Gasteiger partial charge in [-0.05, 0) is 93.8 Å². The van der Waals surface area contributed by atoms with Crippen LogP contribution in [0.25, 0.3) is 0 Å². The van der Waals surface area contributed by atoms with E-state index in [1.807, 2.05) is 0 Å². The van der Waals surface area contributed by atoms with Crippen molar-refractivity contribution in [2.45, 2.75) is 86.0 Å². The van der Waals surface area contributed by atoms with Crippen LogP contribution in [-0.4, -0.2) is 0 Å². The largest absolute Gasteiger partial charge is 0.198 e. The first-order valence-corrected chi connectivity index (χ1v) is 11.1. The van der Waals surface area contributed by atoms with Crippen LogP contribution >= 0.6 is 0 Å². The highest BCUT2D eigenvalue weighted by atomic mass is 14.6. The molecule has 1 unspecified atom stereocenters. The summed E-state index contributed by atoms with van der Waals surface area (Å²) in [5.74, 6) is 4.62. The van der Waals surface area contributed by atoms with Gasteiger partial charge in [0.2, 0.25) is 0 Å². The van der Waals surface area contributed by atoms with Gasteiger partial charge in [0.15, 0.2) is 0 Å². The fourth-order valence-electron chi connectivity index (χ4n) is 7.27. The summed E-state index contributed by atoms with van der Waals surface area (Å²) >= 11 is 0. The van der Waals surface area contributed by atoms with Gasteiger partial charge in [0, 0.05) is 0 Å². The van der Waals surface area contributed by atoms with Crippen molar-refractivity contribution in [3.63, 3.8) is 0 Å². The fraction of sp³-hybridized carbons (Fsp3) is 0.917. The fourth-order valence-corrected chi connectivity index (χ4v) is 7.27. The molecular formula is C24H38N2. The van der Waals surface area contributed by atoms with E-state index in [1.165, 1.54) is 38.5 Å². The maximum Gasteiger partial charge on any atom is 0.0689 e. The van der Waals surface area contributed by atoms with Crippen molar-refractivity contribution in [2.75, 3.05) is 0 Å². The molecule has 0 spiro atoms. The smallest absolute Gasteiger partial charge is 0.0689 e. The summed E-state index contributed by atoms with van der Waals surface area (Å²) in [6.07, 6.45) is 9.64. The lowest BCUT2D eigenvalue weighted by Crippen LogP contribution is -2.54. The molecule has 0 aromatic rings. The summed E-state index contributed by atoms with van der Waals surface area (Å²) in [5.41, 5.74) is -0.284. The summed E-state index contributed by atoms with van der Waals surface area (Å²) < 4.78 is 0. The highest BCUT2D eigenvalue weighted by Crippen LogP contribution is 2.63. The van der Waals surface area contributed by atoms with Crippen LogP contribution in [0.1, 0.15) is 86.0 Å². The van der Waals surface area contributed by atoms with Crippen LogP contribution in [0.4, 0.5) is 0 Å². The molecule has 0 aromatic heterocycles. The molecule has 3 aliphatic carbocycles. The molecule has 0 saturated heterocycles. The number of nitriles is 2. The molecular weight excluding hydrogens is 316 g/mol. The Labute approximate surface area is 161 Å². The Morgan fingerprint density at radius 2 is 1.73 bits per heavy atom. The highest BCUT2D eigenvalue weighted by molar-refractivity contribution is 5.13. The van der Waals surface area contributed by atoms with E-state index in [1.54, 1.807) is 0 Å². The third kappa shape index (κ3) is 3.09. The lowest BCUT2D eigenvalue weighted by Gasteiger charge is -2.59. The van der Waals surface area contributed by atoms with Gasteiger partial charge in [-0.3, -0.25) is 0 Å². The predicted octanol–water partition coefficient (Wildman–Crippen LogP) is 6.58. The molecule has 9 atom stereocenters. The lowest BCUT2D eigenvalue weighted by atomic mass is 9.44. The zero-order valence-electron chi connectivity index (χ0n) is 17.6. The standard InChI is InChI=1S/C24H38N2/c1-6-16(2)12-18-13-24(5,15-26)17(3)19-9-10-21-20(22(18)19)8-7-11-23(21,4)14-25/h16-22H,6-13H2,1-5H3/t16-,17+,18?,19-,20-,21+,22-,23-,24+/m1/s1. The quantitative estimate of drug-likeness (QED) is 0.574. The second-order valence-electron chi connectivity index (χ2n) is 10.5. The molecule has 144 valence electrons. The Morgan fingerprint density at radius 3 is 2.35 bits per heavy atom. The van der Waals surface area contributed by atoms with Gasteiger partial charge in [0.05, 0.1) is 23.0 Å². The third-order valence-corrected chi connectivity index (χ3v) is 9.16. The minimum Gasteiger partial charge on any atom is -0.198 e. The average molecular weight is 355 g/mol. The molecule has 0 heterocycles. The number of nitrogens with zero attached hydrogens (tertiary/aromatic N) is 2. The number of rotatable bonds is 3. The second-order valence-corrected chi connectivity index (χ2v) is 10.5. The topological polar surface area (TPSA) is 47.6 Å². The molecule has 3 rings (SSSR count). The Bertz CT molecular complexity index is 598. The van der Waals surface area contributed by atoms with Crippen LogP contribution in [0.5, 0.6) is 0 Å². The molecule has 2 heteroatoms. The average Bonchev–Trinajstić information content (AvgIpc) is 2.65.